The minimum atomic E-state index is -0.0664. The van der Waals surface area contributed by atoms with E-state index in [2.05, 4.69) is 38.7 Å². The first-order valence-corrected chi connectivity index (χ1v) is 8.49. The molecule has 1 aliphatic heterocycles. The van der Waals surface area contributed by atoms with Gasteiger partial charge in [0.25, 0.3) is 0 Å². The minimum Gasteiger partial charge on any atom is -0.309 e. The monoisotopic (exact) mass is 336 g/mol. The van der Waals surface area contributed by atoms with E-state index in [1.807, 2.05) is 23.7 Å². The molecule has 1 unspecified atom stereocenters. The van der Waals surface area contributed by atoms with Crippen molar-refractivity contribution in [3.05, 3.63) is 47.5 Å². The van der Waals surface area contributed by atoms with Gasteiger partial charge in [-0.2, -0.15) is 10.2 Å². The topological polar surface area (TPSA) is 88.5 Å². The average molecular weight is 336 g/mol. The number of nitrogens with one attached hydrogen (secondary N) is 2. The molecule has 3 aromatic heterocycles. The summed E-state index contributed by atoms with van der Waals surface area (Å²) in [6.45, 7) is 4.99. The highest BCUT2D eigenvalue weighted by Gasteiger charge is 2.33. The molecule has 0 fully saturated rings. The maximum atomic E-state index is 12.2. The summed E-state index contributed by atoms with van der Waals surface area (Å²) in [6.07, 6.45) is 7.01. The molecular weight excluding hydrogens is 316 g/mol. The third-order valence-corrected chi connectivity index (χ3v) is 4.56. The van der Waals surface area contributed by atoms with Crippen molar-refractivity contribution in [3.8, 4) is 11.3 Å². The summed E-state index contributed by atoms with van der Waals surface area (Å²) in [4.78, 5) is 16.4. The van der Waals surface area contributed by atoms with Crippen molar-refractivity contribution < 1.29 is 4.79 Å². The van der Waals surface area contributed by atoms with Crippen LogP contribution in [0.3, 0.4) is 0 Å². The fourth-order valence-corrected chi connectivity index (χ4v) is 3.47. The van der Waals surface area contributed by atoms with Crippen molar-refractivity contribution in [2.75, 3.05) is 5.32 Å². The van der Waals surface area contributed by atoms with Crippen LogP contribution in [0.25, 0.3) is 11.3 Å². The van der Waals surface area contributed by atoms with Gasteiger partial charge in [0.15, 0.2) is 5.82 Å². The predicted octanol–water partition coefficient (Wildman–Crippen LogP) is 2.86. The molecular formula is C18H20N6O. The largest absolute Gasteiger partial charge is 0.309 e. The van der Waals surface area contributed by atoms with E-state index in [0.29, 0.717) is 12.2 Å². The molecule has 0 radical (unpaired) electrons. The van der Waals surface area contributed by atoms with Crippen molar-refractivity contribution in [3.63, 3.8) is 0 Å². The van der Waals surface area contributed by atoms with Gasteiger partial charge in [0.1, 0.15) is 0 Å². The Hall–Kier alpha value is -2.96. The molecule has 0 bridgehead atoms. The van der Waals surface area contributed by atoms with Gasteiger partial charge in [-0.15, -0.1) is 0 Å². The van der Waals surface area contributed by atoms with E-state index in [0.717, 1.165) is 41.0 Å². The fourth-order valence-electron chi connectivity index (χ4n) is 3.47. The number of carbonyl (C=O) groups is 1. The number of aryl methyl sites for hydroxylation is 2. The molecule has 4 heterocycles. The van der Waals surface area contributed by atoms with E-state index in [1.54, 1.807) is 12.4 Å². The number of pyridine rings is 1. The number of hydrogen-bond acceptors (Lipinski definition) is 4. The lowest BCUT2D eigenvalue weighted by atomic mass is 9.85. The Bertz CT molecular complexity index is 911. The molecule has 0 saturated carbocycles. The number of rotatable bonds is 4. The van der Waals surface area contributed by atoms with Crippen LogP contribution in [-0.2, 0) is 11.3 Å². The van der Waals surface area contributed by atoms with Gasteiger partial charge in [0.05, 0.1) is 11.4 Å². The predicted molar refractivity (Wildman–Crippen MR) is 94.2 cm³/mol. The van der Waals surface area contributed by atoms with Gasteiger partial charge in [0, 0.05) is 54.2 Å². The summed E-state index contributed by atoms with van der Waals surface area (Å²) in [5.74, 6) is 0.510. The molecule has 1 aliphatic rings. The first-order valence-electron chi connectivity index (χ1n) is 8.49. The highest BCUT2D eigenvalue weighted by Crippen LogP contribution is 2.42. The first kappa shape index (κ1) is 15.6. The molecule has 0 aliphatic carbocycles. The van der Waals surface area contributed by atoms with Gasteiger partial charge in [-0.3, -0.25) is 19.6 Å². The second-order valence-electron chi connectivity index (χ2n) is 6.34. The molecule has 2 N–H and O–H groups in total. The summed E-state index contributed by atoms with van der Waals surface area (Å²) in [5.41, 5.74) is 4.90. The zero-order chi connectivity index (χ0) is 17.4. The molecule has 7 nitrogen and oxygen atoms in total. The molecule has 1 atom stereocenters. The van der Waals surface area contributed by atoms with Gasteiger partial charge in [-0.1, -0.05) is 6.92 Å². The van der Waals surface area contributed by atoms with Crippen LogP contribution >= 0.6 is 0 Å². The molecule has 128 valence electrons. The molecule has 0 spiro atoms. The van der Waals surface area contributed by atoms with Crippen LogP contribution in [0.2, 0.25) is 0 Å². The smallest absolute Gasteiger partial charge is 0.226 e. The van der Waals surface area contributed by atoms with Crippen molar-refractivity contribution in [1.29, 1.82) is 0 Å². The highest BCUT2D eigenvalue weighted by atomic mass is 16.1. The van der Waals surface area contributed by atoms with Crippen LogP contribution in [-0.4, -0.2) is 30.9 Å². The summed E-state index contributed by atoms with van der Waals surface area (Å²) >= 11 is 0. The van der Waals surface area contributed by atoms with Crippen LogP contribution in [0.5, 0.6) is 0 Å². The number of fused-ring (bicyclic) bond motifs is 1. The number of amides is 1. The Kier molecular flexibility index (Phi) is 3.83. The van der Waals surface area contributed by atoms with E-state index >= 15 is 0 Å². The van der Waals surface area contributed by atoms with E-state index in [4.69, 9.17) is 0 Å². The van der Waals surface area contributed by atoms with Crippen molar-refractivity contribution in [1.82, 2.24) is 25.0 Å². The molecule has 1 amide bonds. The lowest BCUT2D eigenvalue weighted by Gasteiger charge is -2.22. The van der Waals surface area contributed by atoms with Crippen molar-refractivity contribution in [2.45, 2.75) is 39.2 Å². The fraction of sp³-hybridized carbons (Fsp3) is 0.333. The summed E-state index contributed by atoms with van der Waals surface area (Å²) in [5, 5.41) is 14.9. The van der Waals surface area contributed by atoms with Gasteiger partial charge in [0.2, 0.25) is 5.91 Å². The molecule has 0 saturated heterocycles. The van der Waals surface area contributed by atoms with E-state index in [-0.39, 0.29) is 11.8 Å². The average Bonchev–Trinajstić information content (AvgIpc) is 3.19. The SMILES string of the molecule is CCCn1cc(C2CC(=O)Nc3n[nH]c(-c4cccnc4)c32)c(C)n1. The van der Waals surface area contributed by atoms with E-state index < -0.39 is 0 Å². The number of anilines is 1. The zero-order valence-electron chi connectivity index (χ0n) is 14.3. The van der Waals surface area contributed by atoms with Gasteiger partial charge in [-0.25, -0.2) is 0 Å². The molecule has 3 aromatic rings. The van der Waals surface area contributed by atoms with Gasteiger partial charge < -0.3 is 5.32 Å². The summed E-state index contributed by atoms with van der Waals surface area (Å²) in [7, 11) is 0. The quantitative estimate of drug-likeness (QED) is 0.767. The van der Waals surface area contributed by atoms with E-state index in [1.165, 1.54) is 0 Å². The second kappa shape index (κ2) is 6.16. The molecule has 4 rings (SSSR count). The van der Waals surface area contributed by atoms with Crippen molar-refractivity contribution in [2.24, 2.45) is 0 Å². The zero-order valence-corrected chi connectivity index (χ0v) is 14.3. The maximum absolute atomic E-state index is 12.2. The number of aromatic amines is 1. The van der Waals surface area contributed by atoms with E-state index in [9.17, 15) is 4.79 Å². The number of nitrogens with zero attached hydrogens (tertiary/aromatic N) is 4. The lowest BCUT2D eigenvalue weighted by molar-refractivity contribution is -0.116. The summed E-state index contributed by atoms with van der Waals surface area (Å²) in [6, 6.07) is 3.88. The highest BCUT2D eigenvalue weighted by molar-refractivity contribution is 5.96. The van der Waals surface area contributed by atoms with Crippen LogP contribution in [0.4, 0.5) is 5.82 Å². The Morgan fingerprint density at radius 3 is 3.04 bits per heavy atom. The third-order valence-electron chi connectivity index (χ3n) is 4.56. The van der Waals surface area contributed by atoms with Gasteiger partial charge >= 0.3 is 0 Å². The minimum absolute atomic E-state index is 0.0237. The standard InChI is InChI=1S/C18H20N6O/c1-3-7-24-10-14(11(2)23-24)13-8-15(25)20-18-16(13)17(21-22-18)12-5-4-6-19-9-12/h4-6,9-10,13H,3,7-8H2,1-2H3,(H2,20,21,22,25). The molecule has 25 heavy (non-hydrogen) atoms. The summed E-state index contributed by atoms with van der Waals surface area (Å²) < 4.78 is 1.96. The van der Waals surface area contributed by atoms with Crippen LogP contribution < -0.4 is 5.32 Å². The maximum Gasteiger partial charge on any atom is 0.226 e. The Morgan fingerprint density at radius 1 is 1.40 bits per heavy atom. The van der Waals surface area contributed by atoms with Gasteiger partial charge in [-0.05, 0) is 25.5 Å². The Morgan fingerprint density at radius 2 is 2.28 bits per heavy atom. The first-order chi connectivity index (χ1) is 12.2. The lowest BCUT2D eigenvalue weighted by Crippen LogP contribution is -2.23. The normalized spacial score (nSPS) is 16.6. The van der Waals surface area contributed by atoms with Crippen LogP contribution in [0.1, 0.15) is 42.5 Å². The van der Waals surface area contributed by atoms with Crippen LogP contribution in [0.15, 0.2) is 30.7 Å². The number of H-pyrrole nitrogens is 1. The molecule has 7 heteroatoms. The Balaban J connectivity index is 1.84. The van der Waals surface area contributed by atoms with Crippen LogP contribution in [0, 0.1) is 6.92 Å². The number of carbonyl (C=O) groups excluding carboxylic acids is 1. The number of aromatic nitrogens is 5. The second-order valence-corrected chi connectivity index (χ2v) is 6.34. The van der Waals surface area contributed by atoms with Crippen molar-refractivity contribution >= 4 is 11.7 Å². The Labute approximate surface area is 145 Å². The third kappa shape index (κ3) is 2.71. The number of hydrogen-bond donors (Lipinski definition) is 2. The molecule has 0 aromatic carbocycles.